The van der Waals surface area contributed by atoms with Gasteiger partial charge in [0, 0.05) is 12.2 Å². The van der Waals surface area contributed by atoms with Crippen molar-refractivity contribution < 1.29 is 0 Å². The second kappa shape index (κ2) is 9.28. The molecule has 1 unspecified atom stereocenters. The number of hydrogen-bond donors (Lipinski definition) is 1. The zero-order chi connectivity index (χ0) is 9.28. The van der Waals surface area contributed by atoms with Crippen molar-refractivity contribution in [3.05, 3.63) is 25.4 Å². The van der Waals surface area contributed by atoms with Gasteiger partial charge in [-0.25, -0.2) is 0 Å². The number of nitrogens with one attached hydrogen (secondary N) is 1. The molecule has 1 rings (SSSR count). The van der Waals surface area contributed by atoms with Gasteiger partial charge in [0.15, 0.2) is 0 Å². The van der Waals surface area contributed by atoms with Crippen LogP contribution in [0.25, 0.3) is 0 Å². The highest BCUT2D eigenvalue weighted by molar-refractivity contribution is 4.98. The van der Waals surface area contributed by atoms with Gasteiger partial charge in [-0.15, -0.1) is 13.2 Å². The summed E-state index contributed by atoms with van der Waals surface area (Å²) in [5, 5.41) is 3.17. The number of allylic oxidation sites excluding steroid dienone is 1. The van der Waals surface area contributed by atoms with Crippen LogP contribution in [0.4, 0.5) is 0 Å². The maximum absolute atomic E-state index is 3.79. The van der Waals surface area contributed by atoms with Crippen molar-refractivity contribution in [1.29, 1.82) is 0 Å². The van der Waals surface area contributed by atoms with Gasteiger partial charge in [0.1, 0.15) is 0 Å². The van der Waals surface area contributed by atoms with Gasteiger partial charge in [0.2, 0.25) is 0 Å². The van der Waals surface area contributed by atoms with E-state index in [0.29, 0.717) is 0 Å². The minimum atomic E-state index is 0.812. The first-order chi connectivity index (χ1) is 5.29. The lowest BCUT2D eigenvalue weighted by Gasteiger charge is -1.90. The Kier molecular flexibility index (Phi) is 10.9. The summed E-state index contributed by atoms with van der Waals surface area (Å²) < 4.78 is 0. The molecule has 0 radical (unpaired) electrons. The molecular formula is C10H21N. The Morgan fingerprint density at radius 1 is 1.36 bits per heavy atom. The maximum atomic E-state index is 3.79. The Bertz CT molecular complexity index is 97.0. The molecule has 1 heteroatoms. The first kappa shape index (κ1) is 12.9. The van der Waals surface area contributed by atoms with Crippen molar-refractivity contribution in [2.75, 3.05) is 6.54 Å². The van der Waals surface area contributed by atoms with Crippen LogP contribution in [0.2, 0.25) is 0 Å². The molecule has 66 valence electrons. The zero-order valence-corrected chi connectivity index (χ0v) is 8.11. The van der Waals surface area contributed by atoms with Crippen LogP contribution < -0.4 is 5.32 Å². The molecule has 1 atom stereocenters. The van der Waals surface area contributed by atoms with Gasteiger partial charge in [-0.2, -0.15) is 0 Å². The minimum absolute atomic E-state index is 0.812. The van der Waals surface area contributed by atoms with Crippen molar-refractivity contribution in [1.82, 2.24) is 5.32 Å². The Morgan fingerprint density at radius 3 is 1.91 bits per heavy atom. The van der Waals surface area contributed by atoms with E-state index in [-0.39, 0.29) is 0 Å². The van der Waals surface area contributed by atoms with Crippen LogP contribution >= 0.6 is 0 Å². The van der Waals surface area contributed by atoms with Crippen molar-refractivity contribution >= 4 is 0 Å². The van der Waals surface area contributed by atoms with Crippen LogP contribution in [0.5, 0.6) is 0 Å². The molecule has 1 saturated heterocycles. The maximum Gasteiger partial charge on any atom is 0.0173 e. The smallest absolute Gasteiger partial charge is 0.0173 e. The van der Waals surface area contributed by atoms with E-state index in [2.05, 4.69) is 32.0 Å². The summed E-state index contributed by atoms with van der Waals surface area (Å²) >= 11 is 0. The van der Waals surface area contributed by atoms with E-state index >= 15 is 0 Å². The van der Waals surface area contributed by atoms with Crippen LogP contribution in [0.15, 0.2) is 25.4 Å². The topological polar surface area (TPSA) is 12.0 Å². The third kappa shape index (κ3) is 7.17. The average Bonchev–Trinajstić information content (AvgIpc) is 2.43. The fourth-order valence-corrected chi connectivity index (χ4v) is 0.884. The molecule has 1 nitrogen and oxygen atoms in total. The van der Waals surface area contributed by atoms with Crippen molar-refractivity contribution in [2.24, 2.45) is 5.92 Å². The van der Waals surface area contributed by atoms with Gasteiger partial charge < -0.3 is 5.32 Å². The van der Waals surface area contributed by atoms with Gasteiger partial charge in [0.25, 0.3) is 0 Å². The summed E-state index contributed by atoms with van der Waals surface area (Å²) in [6.07, 6.45) is 1.17. The van der Waals surface area contributed by atoms with Crippen molar-refractivity contribution in [2.45, 2.75) is 27.2 Å². The molecule has 0 aromatic heterocycles. The van der Waals surface area contributed by atoms with Gasteiger partial charge in [-0.3, -0.25) is 0 Å². The molecule has 0 amide bonds. The molecule has 0 spiro atoms. The molecule has 1 fully saturated rings. The summed E-state index contributed by atoms with van der Waals surface area (Å²) in [5.74, 6) is 0.812. The van der Waals surface area contributed by atoms with Gasteiger partial charge in [-0.1, -0.05) is 27.4 Å². The Labute approximate surface area is 71.2 Å². The molecule has 0 bridgehead atoms. The molecule has 0 saturated carbocycles. The van der Waals surface area contributed by atoms with E-state index in [4.69, 9.17) is 0 Å². The van der Waals surface area contributed by atoms with E-state index < -0.39 is 0 Å². The normalized spacial score (nSPS) is 20.3. The van der Waals surface area contributed by atoms with Crippen LogP contribution in [-0.4, -0.2) is 6.54 Å². The molecule has 1 N–H and O–H groups in total. The van der Waals surface area contributed by atoms with Crippen LogP contribution in [0, 0.1) is 5.92 Å². The highest BCUT2D eigenvalue weighted by Gasteiger charge is 2.10. The number of rotatable bonds is 0. The lowest BCUT2D eigenvalue weighted by molar-refractivity contribution is 0.654. The van der Waals surface area contributed by atoms with E-state index in [1.54, 1.807) is 0 Å². The summed E-state index contributed by atoms with van der Waals surface area (Å²) in [7, 11) is 0. The van der Waals surface area contributed by atoms with Crippen LogP contribution in [0.3, 0.4) is 0 Å². The fraction of sp³-hybridized carbons (Fsp3) is 0.600. The largest absolute Gasteiger partial charge is 0.389 e. The highest BCUT2D eigenvalue weighted by atomic mass is 14.9. The lowest BCUT2D eigenvalue weighted by atomic mass is 10.1. The minimum Gasteiger partial charge on any atom is -0.389 e. The molecule has 0 aromatic carbocycles. The first-order valence-electron chi connectivity index (χ1n) is 4.20. The summed E-state index contributed by atoms with van der Waals surface area (Å²) in [6.45, 7) is 17.1. The predicted molar refractivity (Wildman–Crippen MR) is 53.5 cm³/mol. The zero-order valence-electron chi connectivity index (χ0n) is 8.11. The Hall–Kier alpha value is -0.720. The van der Waals surface area contributed by atoms with Crippen LogP contribution in [-0.2, 0) is 0 Å². The molecule has 1 aliphatic rings. The SMILES string of the molecule is C=C.C=C1CC(C)CN1.CC. The van der Waals surface area contributed by atoms with Crippen molar-refractivity contribution in [3.8, 4) is 0 Å². The first-order valence-corrected chi connectivity index (χ1v) is 4.20. The van der Waals surface area contributed by atoms with Crippen molar-refractivity contribution in [3.63, 3.8) is 0 Å². The van der Waals surface area contributed by atoms with E-state index in [1.165, 1.54) is 12.1 Å². The fourth-order valence-electron chi connectivity index (χ4n) is 0.884. The van der Waals surface area contributed by atoms with E-state index in [1.807, 2.05) is 13.8 Å². The van der Waals surface area contributed by atoms with E-state index in [0.717, 1.165) is 12.5 Å². The highest BCUT2D eigenvalue weighted by Crippen LogP contribution is 2.12. The average molecular weight is 155 g/mol. The predicted octanol–water partition coefficient (Wildman–Crippen LogP) is 2.96. The van der Waals surface area contributed by atoms with Crippen LogP contribution in [0.1, 0.15) is 27.2 Å². The summed E-state index contributed by atoms with van der Waals surface area (Å²) in [5.41, 5.74) is 1.20. The second-order valence-electron chi connectivity index (χ2n) is 2.29. The molecule has 1 heterocycles. The van der Waals surface area contributed by atoms with Gasteiger partial charge in [-0.05, 0) is 12.3 Å². The lowest BCUT2D eigenvalue weighted by Crippen LogP contribution is -2.04. The molecule has 0 aromatic rings. The standard InChI is InChI=1S/C6H11N.C2H6.C2H4/c1-5-3-6(2)7-4-5;2*1-2/h5,7H,2-4H2,1H3;1-2H3;1-2H2. The molecular weight excluding hydrogens is 134 g/mol. The quantitative estimate of drug-likeness (QED) is 0.530. The molecule has 1 aliphatic heterocycles. The third-order valence-corrected chi connectivity index (χ3v) is 1.30. The van der Waals surface area contributed by atoms with Gasteiger partial charge in [0.05, 0.1) is 0 Å². The summed E-state index contributed by atoms with van der Waals surface area (Å²) in [6, 6.07) is 0. The third-order valence-electron chi connectivity index (χ3n) is 1.30. The van der Waals surface area contributed by atoms with Gasteiger partial charge >= 0.3 is 0 Å². The second-order valence-corrected chi connectivity index (χ2v) is 2.29. The molecule has 11 heavy (non-hydrogen) atoms. The Morgan fingerprint density at radius 2 is 1.82 bits per heavy atom. The summed E-state index contributed by atoms with van der Waals surface area (Å²) in [4.78, 5) is 0. The molecule has 0 aliphatic carbocycles. The number of hydrogen-bond acceptors (Lipinski definition) is 1. The Balaban J connectivity index is 0. The van der Waals surface area contributed by atoms with E-state index in [9.17, 15) is 0 Å². The monoisotopic (exact) mass is 155 g/mol.